The Morgan fingerprint density at radius 1 is 1.12 bits per heavy atom. The third-order valence-corrected chi connectivity index (χ3v) is 4.21. The fraction of sp³-hybridized carbons (Fsp3) is 0.350. The predicted octanol–water partition coefficient (Wildman–Crippen LogP) is 3.99. The molecule has 0 bridgehead atoms. The summed E-state index contributed by atoms with van der Waals surface area (Å²) in [6.07, 6.45) is 0.904. The van der Waals surface area contributed by atoms with Gasteiger partial charge in [0.2, 0.25) is 12.7 Å². The number of aryl methyl sites for hydroxylation is 1. The number of hydrogen-bond donors (Lipinski definition) is 2. The number of fused-ring (bicyclic) bond motifs is 1. The van der Waals surface area contributed by atoms with E-state index in [-0.39, 0.29) is 23.9 Å². The number of nitrogens with one attached hydrogen (secondary N) is 1. The number of aromatic hydroxyl groups is 1. The van der Waals surface area contributed by atoms with E-state index in [4.69, 9.17) is 9.47 Å². The highest BCUT2D eigenvalue weighted by Crippen LogP contribution is 2.33. The van der Waals surface area contributed by atoms with Crippen LogP contribution in [0, 0.1) is 0 Å². The van der Waals surface area contributed by atoms with Gasteiger partial charge in [0, 0.05) is 6.42 Å². The van der Waals surface area contributed by atoms with Gasteiger partial charge in [0.25, 0.3) is 0 Å². The molecule has 0 saturated carbocycles. The van der Waals surface area contributed by atoms with E-state index in [0.29, 0.717) is 24.3 Å². The molecule has 1 aliphatic heterocycles. The second kappa shape index (κ2) is 6.67. The first-order valence-electron chi connectivity index (χ1n) is 8.35. The quantitative estimate of drug-likeness (QED) is 0.825. The van der Waals surface area contributed by atoms with Gasteiger partial charge >= 0.3 is 0 Å². The SMILES string of the molecule is CC(C)(C)c1ccc(O)c(NC(=O)CCc2ccc3c(c2)OCO3)c1. The number of ether oxygens (including phenoxy) is 2. The minimum absolute atomic E-state index is 0.0559. The van der Waals surface area contributed by atoms with Crippen LogP contribution in [0.3, 0.4) is 0 Å². The predicted molar refractivity (Wildman–Crippen MR) is 96.3 cm³/mol. The maximum absolute atomic E-state index is 12.3. The minimum atomic E-state index is -0.140. The highest BCUT2D eigenvalue weighted by atomic mass is 16.7. The molecule has 5 heteroatoms. The van der Waals surface area contributed by atoms with Crippen LogP contribution in [0.1, 0.15) is 38.3 Å². The summed E-state index contributed by atoms with van der Waals surface area (Å²) in [7, 11) is 0. The van der Waals surface area contributed by atoms with E-state index in [1.165, 1.54) is 0 Å². The van der Waals surface area contributed by atoms with Crippen molar-refractivity contribution >= 4 is 11.6 Å². The molecule has 1 aliphatic rings. The monoisotopic (exact) mass is 341 g/mol. The van der Waals surface area contributed by atoms with Gasteiger partial charge in [0.05, 0.1) is 5.69 Å². The van der Waals surface area contributed by atoms with Gasteiger partial charge in [-0.05, 0) is 47.2 Å². The van der Waals surface area contributed by atoms with Crippen molar-refractivity contribution in [2.45, 2.75) is 39.0 Å². The Kier molecular flexibility index (Phi) is 4.57. The zero-order valence-electron chi connectivity index (χ0n) is 14.8. The highest BCUT2D eigenvalue weighted by molar-refractivity contribution is 5.92. The van der Waals surface area contributed by atoms with Crippen molar-refractivity contribution in [3.63, 3.8) is 0 Å². The summed E-state index contributed by atoms with van der Waals surface area (Å²) in [5.74, 6) is 1.38. The number of benzene rings is 2. The first kappa shape index (κ1) is 17.1. The molecule has 25 heavy (non-hydrogen) atoms. The number of amides is 1. The maximum Gasteiger partial charge on any atom is 0.231 e. The number of hydrogen-bond acceptors (Lipinski definition) is 4. The van der Waals surface area contributed by atoms with Crippen LogP contribution >= 0.6 is 0 Å². The normalized spacial score (nSPS) is 12.9. The van der Waals surface area contributed by atoms with Crippen LogP contribution in [0.25, 0.3) is 0 Å². The molecular weight excluding hydrogens is 318 g/mol. The highest BCUT2D eigenvalue weighted by Gasteiger charge is 2.17. The summed E-state index contributed by atoms with van der Waals surface area (Å²) in [5, 5.41) is 12.8. The molecule has 0 radical (unpaired) electrons. The standard InChI is InChI=1S/C20H23NO4/c1-20(2,3)14-6-7-16(22)15(11-14)21-19(23)9-5-13-4-8-17-18(10-13)25-12-24-17/h4,6-8,10-11,22H,5,9,12H2,1-3H3,(H,21,23). The number of carbonyl (C=O) groups is 1. The fourth-order valence-corrected chi connectivity index (χ4v) is 2.67. The van der Waals surface area contributed by atoms with Crippen LogP contribution < -0.4 is 14.8 Å². The van der Waals surface area contributed by atoms with Crippen molar-refractivity contribution in [2.75, 3.05) is 12.1 Å². The number of phenolic OH excluding ortho intramolecular Hbond substituents is 1. The topological polar surface area (TPSA) is 67.8 Å². The molecule has 0 aliphatic carbocycles. The summed E-state index contributed by atoms with van der Waals surface area (Å²) in [5.41, 5.74) is 2.45. The van der Waals surface area contributed by atoms with Gasteiger partial charge in [0.1, 0.15) is 5.75 Å². The second-order valence-electron chi connectivity index (χ2n) is 7.22. The minimum Gasteiger partial charge on any atom is -0.506 e. The third kappa shape index (κ3) is 4.05. The summed E-state index contributed by atoms with van der Waals surface area (Å²) in [4.78, 5) is 12.3. The molecule has 0 aromatic heterocycles. The van der Waals surface area contributed by atoms with Crippen LogP contribution in [0.5, 0.6) is 17.2 Å². The van der Waals surface area contributed by atoms with Crippen molar-refractivity contribution in [1.29, 1.82) is 0 Å². The average molecular weight is 341 g/mol. The number of anilines is 1. The molecule has 1 heterocycles. The molecule has 0 atom stereocenters. The molecule has 0 fully saturated rings. The third-order valence-electron chi connectivity index (χ3n) is 4.21. The molecule has 2 aromatic rings. The van der Waals surface area contributed by atoms with E-state index >= 15 is 0 Å². The second-order valence-corrected chi connectivity index (χ2v) is 7.22. The van der Waals surface area contributed by atoms with E-state index in [0.717, 1.165) is 16.9 Å². The Morgan fingerprint density at radius 3 is 2.64 bits per heavy atom. The molecule has 3 rings (SSSR count). The van der Waals surface area contributed by atoms with E-state index < -0.39 is 0 Å². The zero-order chi connectivity index (χ0) is 18.0. The van der Waals surface area contributed by atoms with Gasteiger partial charge in [0.15, 0.2) is 11.5 Å². The molecule has 2 aromatic carbocycles. The first-order valence-corrected chi connectivity index (χ1v) is 8.35. The lowest BCUT2D eigenvalue weighted by Gasteiger charge is -2.20. The molecular formula is C20H23NO4. The zero-order valence-corrected chi connectivity index (χ0v) is 14.8. The largest absolute Gasteiger partial charge is 0.506 e. The number of carbonyl (C=O) groups excluding carboxylic acids is 1. The Balaban J connectivity index is 1.63. The lowest BCUT2D eigenvalue weighted by molar-refractivity contribution is -0.116. The average Bonchev–Trinajstić information content (AvgIpc) is 3.01. The summed E-state index contributed by atoms with van der Waals surface area (Å²) < 4.78 is 10.6. The van der Waals surface area contributed by atoms with Crippen LogP contribution in [-0.2, 0) is 16.6 Å². The van der Waals surface area contributed by atoms with Crippen LogP contribution in [0.2, 0.25) is 0 Å². The Labute approximate surface area is 147 Å². The lowest BCUT2D eigenvalue weighted by Crippen LogP contribution is -2.15. The Morgan fingerprint density at radius 2 is 1.88 bits per heavy atom. The summed E-state index contributed by atoms with van der Waals surface area (Å²) in [6, 6.07) is 11.0. The summed E-state index contributed by atoms with van der Waals surface area (Å²) >= 11 is 0. The number of rotatable bonds is 4. The molecule has 0 unspecified atom stereocenters. The number of phenols is 1. The van der Waals surface area contributed by atoms with E-state index in [1.807, 2.05) is 30.3 Å². The van der Waals surface area contributed by atoms with Crippen molar-refractivity contribution in [3.05, 3.63) is 47.5 Å². The van der Waals surface area contributed by atoms with Gasteiger partial charge < -0.3 is 19.9 Å². The maximum atomic E-state index is 12.3. The van der Waals surface area contributed by atoms with Crippen LogP contribution in [-0.4, -0.2) is 17.8 Å². The smallest absolute Gasteiger partial charge is 0.231 e. The fourth-order valence-electron chi connectivity index (χ4n) is 2.67. The van der Waals surface area contributed by atoms with E-state index in [2.05, 4.69) is 26.1 Å². The Bertz CT molecular complexity index is 793. The molecule has 5 nitrogen and oxygen atoms in total. The van der Waals surface area contributed by atoms with Crippen molar-refractivity contribution < 1.29 is 19.4 Å². The Hall–Kier alpha value is -2.69. The molecule has 0 spiro atoms. The van der Waals surface area contributed by atoms with Crippen molar-refractivity contribution in [2.24, 2.45) is 0 Å². The van der Waals surface area contributed by atoms with Gasteiger partial charge in [-0.1, -0.05) is 32.9 Å². The molecule has 0 saturated heterocycles. The first-order chi connectivity index (χ1) is 11.8. The van der Waals surface area contributed by atoms with Crippen molar-refractivity contribution in [3.8, 4) is 17.2 Å². The van der Waals surface area contributed by atoms with Gasteiger partial charge in [-0.2, -0.15) is 0 Å². The molecule has 1 amide bonds. The van der Waals surface area contributed by atoms with E-state index in [1.54, 1.807) is 6.07 Å². The van der Waals surface area contributed by atoms with E-state index in [9.17, 15) is 9.90 Å². The van der Waals surface area contributed by atoms with Crippen LogP contribution in [0.4, 0.5) is 5.69 Å². The van der Waals surface area contributed by atoms with Gasteiger partial charge in [-0.15, -0.1) is 0 Å². The van der Waals surface area contributed by atoms with Crippen LogP contribution in [0.15, 0.2) is 36.4 Å². The molecule has 2 N–H and O–H groups in total. The van der Waals surface area contributed by atoms with Crippen molar-refractivity contribution in [1.82, 2.24) is 0 Å². The molecule has 132 valence electrons. The van der Waals surface area contributed by atoms with Gasteiger partial charge in [-0.25, -0.2) is 0 Å². The lowest BCUT2D eigenvalue weighted by atomic mass is 9.87. The summed E-state index contributed by atoms with van der Waals surface area (Å²) in [6.45, 7) is 6.50. The van der Waals surface area contributed by atoms with Gasteiger partial charge in [-0.3, -0.25) is 4.79 Å².